The summed E-state index contributed by atoms with van der Waals surface area (Å²) < 4.78 is 33.7. The molecule has 3 aromatic rings. The molecule has 2 N–H and O–H groups in total. The number of benzene rings is 3. The molecule has 9 nitrogen and oxygen atoms in total. The highest BCUT2D eigenvalue weighted by molar-refractivity contribution is 7.92. The van der Waals surface area contributed by atoms with E-state index in [9.17, 15) is 18.5 Å². The first kappa shape index (κ1) is 21.3. The van der Waals surface area contributed by atoms with E-state index in [1.165, 1.54) is 36.9 Å². The smallest absolute Gasteiger partial charge is 0.270 e. The Hall–Kier alpha value is -3.92. The average Bonchev–Trinajstić information content (AvgIpc) is 3.21. The van der Waals surface area contributed by atoms with Crippen LogP contribution in [0.15, 0.2) is 76.7 Å². The van der Waals surface area contributed by atoms with Crippen molar-refractivity contribution in [3.63, 3.8) is 0 Å². The van der Waals surface area contributed by atoms with Crippen molar-refractivity contribution < 1.29 is 18.1 Å². The summed E-state index contributed by atoms with van der Waals surface area (Å²) in [5.74, 6) is 0.568. The molecular formula is C22H20N4O5S. The van der Waals surface area contributed by atoms with Crippen LogP contribution >= 0.6 is 0 Å². The van der Waals surface area contributed by atoms with Gasteiger partial charge in [-0.15, -0.1) is 0 Å². The Morgan fingerprint density at radius 1 is 1.03 bits per heavy atom. The van der Waals surface area contributed by atoms with Gasteiger partial charge in [-0.2, -0.15) is 5.10 Å². The number of fused-ring (bicyclic) bond motifs is 1. The minimum absolute atomic E-state index is 0.133. The average molecular weight is 452 g/mol. The summed E-state index contributed by atoms with van der Waals surface area (Å²) in [7, 11) is -2.65. The Morgan fingerprint density at radius 3 is 2.50 bits per heavy atom. The molecule has 0 unspecified atom stereocenters. The van der Waals surface area contributed by atoms with Crippen molar-refractivity contribution in [3.8, 4) is 5.75 Å². The van der Waals surface area contributed by atoms with Gasteiger partial charge in [0.2, 0.25) is 0 Å². The van der Waals surface area contributed by atoms with Crippen LogP contribution in [0, 0.1) is 10.1 Å². The summed E-state index contributed by atoms with van der Waals surface area (Å²) in [6.07, 6.45) is 1.56. The molecule has 10 heteroatoms. The van der Waals surface area contributed by atoms with Gasteiger partial charge < -0.3 is 4.74 Å². The third kappa shape index (κ3) is 4.40. The molecule has 0 aromatic heterocycles. The predicted molar refractivity (Wildman–Crippen MR) is 122 cm³/mol. The summed E-state index contributed by atoms with van der Waals surface area (Å²) in [6.45, 7) is 0. The second kappa shape index (κ2) is 8.67. The van der Waals surface area contributed by atoms with Gasteiger partial charge in [0.25, 0.3) is 15.7 Å². The fraction of sp³-hybridized carbons (Fsp3) is 0.136. The molecule has 0 amide bonds. The van der Waals surface area contributed by atoms with Gasteiger partial charge in [0.05, 0.1) is 23.4 Å². The minimum atomic E-state index is -4.15. The number of aryl methyl sites for hydroxylation is 1. The van der Waals surface area contributed by atoms with Crippen LogP contribution in [-0.2, 0) is 16.4 Å². The summed E-state index contributed by atoms with van der Waals surface area (Å²) >= 11 is 0. The molecule has 32 heavy (non-hydrogen) atoms. The Balaban J connectivity index is 1.68. The van der Waals surface area contributed by atoms with E-state index in [1.54, 1.807) is 12.1 Å². The molecule has 3 aromatic carbocycles. The Labute approximate surface area is 184 Å². The van der Waals surface area contributed by atoms with Gasteiger partial charge in [-0.05, 0) is 48.7 Å². The number of sulfonamides is 1. The zero-order valence-electron chi connectivity index (χ0n) is 17.1. The maximum atomic E-state index is 13.1. The molecule has 1 aliphatic carbocycles. The number of methoxy groups -OCH3 is 1. The van der Waals surface area contributed by atoms with Crippen LogP contribution in [0.5, 0.6) is 5.75 Å². The van der Waals surface area contributed by atoms with Gasteiger partial charge in [-0.25, -0.2) is 8.42 Å². The van der Waals surface area contributed by atoms with Crippen molar-refractivity contribution in [2.24, 2.45) is 5.10 Å². The van der Waals surface area contributed by atoms with Gasteiger partial charge >= 0.3 is 0 Å². The van der Waals surface area contributed by atoms with Gasteiger partial charge in [-0.3, -0.25) is 20.3 Å². The molecule has 0 heterocycles. The van der Waals surface area contributed by atoms with E-state index in [1.807, 2.05) is 24.3 Å². The zero-order valence-corrected chi connectivity index (χ0v) is 17.9. The molecule has 164 valence electrons. The lowest BCUT2D eigenvalue weighted by atomic mass is 10.1. The molecule has 0 fully saturated rings. The summed E-state index contributed by atoms with van der Waals surface area (Å²) in [6, 6.07) is 17.7. The van der Waals surface area contributed by atoms with Gasteiger partial charge in [0.15, 0.2) is 0 Å². The van der Waals surface area contributed by atoms with Crippen molar-refractivity contribution in [2.75, 3.05) is 17.3 Å². The number of nitrogens with one attached hydrogen (secondary N) is 2. The third-order valence-corrected chi connectivity index (χ3v) is 6.50. The molecule has 0 saturated carbocycles. The molecule has 0 saturated heterocycles. The van der Waals surface area contributed by atoms with Crippen LogP contribution in [0.4, 0.5) is 17.1 Å². The molecule has 0 aliphatic heterocycles. The lowest BCUT2D eigenvalue weighted by molar-refractivity contribution is -0.385. The van der Waals surface area contributed by atoms with Gasteiger partial charge in [0.1, 0.15) is 10.6 Å². The van der Waals surface area contributed by atoms with Crippen LogP contribution in [0.1, 0.15) is 17.5 Å². The second-order valence-electron chi connectivity index (χ2n) is 7.10. The molecule has 0 radical (unpaired) electrons. The van der Waals surface area contributed by atoms with E-state index in [2.05, 4.69) is 15.2 Å². The van der Waals surface area contributed by atoms with E-state index in [0.717, 1.165) is 23.8 Å². The van der Waals surface area contributed by atoms with Crippen LogP contribution in [0.3, 0.4) is 0 Å². The van der Waals surface area contributed by atoms with Crippen LogP contribution in [0.2, 0.25) is 0 Å². The van der Waals surface area contributed by atoms with E-state index in [-0.39, 0.29) is 16.3 Å². The number of hydrazone groups is 1. The molecule has 4 rings (SSSR count). The Morgan fingerprint density at radius 2 is 1.78 bits per heavy atom. The molecule has 1 aliphatic rings. The second-order valence-corrected chi connectivity index (χ2v) is 8.75. The van der Waals surface area contributed by atoms with Crippen molar-refractivity contribution in [2.45, 2.75) is 17.7 Å². The van der Waals surface area contributed by atoms with Crippen LogP contribution in [0.25, 0.3) is 0 Å². The highest BCUT2D eigenvalue weighted by Crippen LogP contribution is 2.29. The minimum Gasteiger partial charge on any atom is -0.497 e. The predicted octanol–water partition coefficient (Wildman–Crippen LogP) is 4.17. The lowest BCUT2D eigenvalue weighted by Gasteiger charge is -2.13. The van der Waals surface area contributed by atoms with Crippen molar-refractivity contribution in [3.05, 3.63) is 88.0 Å². The number of rotatable bonds is 7. The molecule has 0 atom stereocenters. The number of nitro groups is 1. The number of hydrogen-bond donors (Lipinski definition) is 2. The first-order chi connectivity index (χ1) is 15.4. The Bertz CT molecular complexity index is 1300. The number of non-ortho nitro benzene ring substituents is 1. The molecule has 0 spiro atoms. The standard InChI is InChI=1S/C22H20N4O5S/c1-31-18-10-7-16(8-11-18)25-32(29,30)22-14-17(26(27)28)9-13-21(22)24-23-20-12-6-15-4-2-3-5-19(15)20/h2-5,7-11,13-14,24-25H,6,12H2,1H3. The van der Waals surface area contributed by atoms with Gasteiger partial charge in [-0.1, -0.05) is 24.3 Å². The normalized spacial score (nSPS) is 14.1. The fourth-order valence-electron chi connectivity index (χ4n) is 3.46. The number of anilines is 2. The SMILES string of the molecule is COc1ccc(NS(=O)(=O)c2cc([N+](=O)[O-])ccc2NN=C2CCc3ccccc32)cc1. The summed E-state index contributed by atoms with van der Waals surface area (Å²) in [5.41, 5.74) is 5.85. The highest BCUT2D eigenvalue weighted by atomic mass is 32.2. The summed E-state index contributed by atoms with van der Waals surface area (Å²) in [4.78, 5) is 10.3. The molecule has 0 bridgehead atoms. The topological polar surface area (TPSA) is 123 Å². The zero-order chi connectivity index (χ0) is 22.7. The van der Waals surface area contributed by atoms with E-state index in [0.29, 0.717) is 17.9 Å². The number of hydrogen-bond acceptors (Lipinski definition) is 7. The van der Waals surface area contributed by atoms with Crippen molar-refractivity contribution in [1.82, 2.24) is 0 Å². The molecular weight excluding hydrogens is 432 g/mol. The van der Waals surface area contributed by atoms with Crippen molar-refractivity contribution >= 4 is 32.8 Å². The summed E-state index contributed by atoms with van der Waals surface area (Å²) in [5, 5.41) is 15.7. The maximum Gasteiger partial charge on any atom is 0.270 e. The number of ether oxygens (including phenoxy) is 1. The fourth-order valence-corrected chi connectivity index (χ4v) is 4.70. The number of nitrogens with zero attached hydrogens (tertiary/aromatic N) is 2. The van der Waals surface area contributed by atoms with E-state index >= 15 is 0 Å². The first-order valence-corrected chi connectivity index (χ1v) is 11.2. The maximum absolute atomic E-state index is 13.1. The monoisotopic (exact) mass is 452 g/mol. The quantitative estimate of drug-likeness (QED) is 0.410. The van der Waals surface area contributed by atoms with E-state index < -0.39 is 14.9 Å². The number of nitro benzene ring substituents is 1. The highest BCUT2D eigenvalue weighted by Gasteiger charge is 2.23. The van der Waals surface area contributed by atoms with Crippen LogP contribution in [-0.4, -0.2) is 26.2 Å². The van der Waals surface area contributed by atoms with E-state index in [4.69, 9.17) is 4.74 Å². The Kier molecular flexibility index (Phi) is 5.78. The lowest BCUT2D eigenvalue weighted by Crippen LogP contribution is -2.15. The van der Waals surface area contributed by atoms with Crippen LogP contribution < -0.4 is 14.9 Å². The van der Waals surface area contributed by atoms with Gasteiger partial charge in [0, 0.05) is 23.4 Å². The van der Waals surface area contributed by atoms with Crippen molar-refractivity contribution in [1.29, 1.82) is 0 Å². The third-order valence-electron chi connectivity index (χ3n) is 5.08. The first-order valence-electron chi connectivity index (χ1n) is 9.73. The largest absolute Gasteiger partial charge is 0.497 e.